The van der Waals surface area contributed by atoms with Crippen molar-refractivity contribution in [2.24, 2.45) is 0 Å². The summed E-state index contributed by atoms with van der Waals surface area (Å²) in [6, 6.07) is 20.8. The normalized spacial score (nSPS) is 21.5. The fourth-order valence-corrected chi connectivity index (χ4v) is 13.8. The lowest BCUT2D eigenvalue weighted by molar-refractivity contribution is 0.110. The smallest absolute Gasteiger partial charge is 0.314 e. The summed E-state index contributed by atoms with van der Waals surface area (Å²) < 4.78 is 71.6. The maximum Gasteiger partial charge on any atom is 0.314 e. The van der Waals surface area contributed by atoms with Crippen molar-refractivity contribution in [2.45, 2.75) is 59.6 Å². The number of likely N-dealkylation sites (tertiary alicyclic amines) is 2. The molecular weight excluding hydrogens is 1020 g/mol. The molecule has 0 aromatic heterocycles. The van der Waals surface area contributed by atoms with Gasteiger partial charge in [-0.05, 0) is 122 Å². The third kappa shape index (κ3) is 13.7. The highest BCUT2D eigenvalue weighted by Gasteiger charge is 2.33. The lowest BCUT2D eigenvalue weighted by Crippen LogP contribution is -2.39. The Morgan fingerprint density at radius 2 is 1.03 bits per heavy atom. The van der Waals surface area contributed by atoms with Gasteiger partial charge < -0.3 is 29.9 Å². The van der Waals surface area contributed by atoms with Crippen LogP contribution in [0.25, 0.3) is 0 Å². The number of nitrogens with zero attached hydrogens (tertiary/aromatic N) is 4. The molecule has 4 aliphatic rings. The molecule has 15 nitrogen and oxygen atoms in total. The number of hydrogen-bond donors (Lipinski definition) is 4. The Morgan fingerprint density at radius 3 is 1.46 bits per heavy atom. The van der Waals surface area contributed by atoms with E-state index >= 15 is 0 Å². The molecule has 4 N–H and O–H groups in total. The molecule has 0 bridgehead atoms. The quantitative estimate of drug-likeness (QED) is 0.0747. The van der Waals surface area contributed by atoms with Crippen molar-refractivity contribution in [3.63, 3.8) is 0 Å². The number of fused-ring (bicyclic) bond motifs is 2. The molecule has 70 heavy (non-hydrogen) atoms. The lowest BCUT2D eigenvalue weighted by Gasteiger charge is -2.33. The van der Waals surface area contributed by atoms with Crippen molar-refractivity contribution in [1.82, 2.24) is 39.7 Å². The fraction of sp³-hybridized carbons (Fsp3) is 0.490. The molecule has 0 spiro atoms. The Hall–Kier alpha value is -3.11. The molecule has 8 rings (SSSR count). The molecule has 4 aliphatic heterocycles. The number of benzene rings is 4. The minimum Gasteiger partial charge on any atom is -0.378 e. The summed E-state index contributed by atoms with van der Waals surface area (Å²) in [4.78, 5) is 21.5. The van der Waals surface area contributed by atoms with Crippen molar-refractivity contribution in [3.05, 3.63) is 126 Å². The fourth-order valence-electron chi connectivity index (χ4n) is 10.0. The van der Waals surface area contributed by atoms with Gasteiger partial charge in [0.2, 0.25) is 20.0 Å². The summed E-state index contributed by atoms with van der Waals surface area (Å²) in [6.07, 6.45) is 1.37. The highest BCUT2D eigenvalue weighted by molar-refractivity contribution is 7.89. The van der Waals surface area contributed by atoms with Gasteiger partial charge in [-0.15, -0.1) is 0 Å². The van der Waals surface area contributed by atoms with Gasteiger partial charge in [0.15, 0.2) is 0 Å². The van der Waals surface area contributed by atoms with Crippen LogP contribution < -0.4 is 20.1 Å². The number of urea groups is 1. The van der Waals surface area contributed by atoms with E-state index < -0.39 is 20.0 Å². The number of ether oxygens (including phenoxy) is 2. The predicted octanol–water partition coefficient (Wildman–Crippen LogP) is 6.19. The molecule has 0 saturated carbocycles. The molecule has 4 aromatic carbocycles. The summed E-state index contributed by atoms with van der Waals surface area (Å²) >= 11 is 25.9. The van der Waals surface area contributed by atoms with Gasteiger partial charge in [-0.1, -0.05) is 70.7 Å². The Bertz CT molecular complexity index is 2540. The summed E-state index contributed by atoms with van der Waals surface area (Å²) in [5.74, 6) is -0.147. The van der Waals surface area contributed by atoms with E-state index in [4.69, 9.17) is 55.9 Å². The van der Waals surface area contributed by atoms with Crippen LogP contribution in [-0.2, 0) is 42.6 Å². The van der Waals surface area contributed by atoms with Gasteiger partial charge in [-0.25, -0.2) is 31.1 Å². The van der Waals surface area contributed by atoms with E-state index in [1.165, 1.54) is 0 Å². The van der Waals surface area contributed by atoms with Crippen molar-refractivity contribution >= 4 is 72.5 Å². The van der Waals surface area contributed by atoms with Crippen LogP contribution in [0.15, 0.2) is 82.6 Å². The Labute approximate surface area is 432 Å². The highest BCUT2D eigenvalue weighted by Crippen LogP contribution is 2.40. The van der Waals surface area contributed by atoms with E-state index in [1.54, 1.807) is 48.5 Å². The van der Waals surface area contributed by atoms with Crippen LogP contribution in [0.1, 0.15) is 58.1 Å². The van der Waals surface area contributed by atoms with Crippen LogP contribution in [0.4, 0.5) is 4.79 Å². The maximum absolute atomic E-state index is 13.6. The molecule has 4 heterocycles. The molecule has 2 amide bonds. The van der Waals surface area contributed by atoms with Gasteiger partial charge in [-0.3, -0.25) is 9.80 Å². The van der Waals surface area contributed by atoms with Crippen molar-refractivity contribution in [2.75, 3.05) is 106 Å². The Morgan fingerprint density at radius 1 is 0.600 bits per heavy atom. The van der Waals surface area contributed by atoms with E-state index in [9.17, 15) is 21.6 Å². The van der Waals surface area contributed by atoms with Crippen LogP contribution in [0.3, 0.4) is 0 Å². The first-order valence-corrected chi connectivity index (χ1v) is 28.2. The summed E-state index contributed by atoms with van der Waals surface area (Å²) in [5, 5.41) is 7.91. The number of hydrogen-bond acceptors (Lipinski definition) is 11. The third-order valence-corrected chi connectivity index (χ3v) is 17.6. The number of amides is 2. The number of nitrogens with one attached hydrogen (secondary N) is 4. The average Bonchev–Trinajstić information content (AvgIpc) is 3.96. The number of halogens is 4. The van der Waals surface area contributed by atoms with Gasteiger partial charge >= 0.3 is 6.03 Å². The first-order valence-electron chi connectivity index (χ1n) is 23.7. The van der Waals surface area contributed by atoms with Crippen LogP contribution >= 0.6 is 46.4 Å². The molecule has 21 heteroatoms. The topological polar surface area (TPSA) is 165 Å². The molecule has 2 saturated heterocycles. The molecule has 4 aromatic rings. The second-order valence-corrected chi connectivity index (χ2v) is 23.9. The monoisotopic (exact) mass is 1080 g/mol. The molecule has 380 valence electrons. The van der Waals surface area contributed by atoms with E-state index in [0.717, 1.165) is 46.5 Å². The first kappa shape index (κ1) is 53.2. The lowest BCUT2D eigenvalue weighted by atomic mass is 9.85. The second kappa shape index (κ2) is 23.8. The Kier molecular flexibility index (Phi) is 18.1. The van der Waals surface area contributed by atoms with Crippen molar-refractivity contribution < 1.29 is 31.1 Å². The van der Waals surface area contributed by atoms with Crippen LogP contribution in [-0.4, -0.2) is 161 Å². The van der Waals surface area contributed by atoms with E-state index in [0.29, 0.717) is 125 Å². The number of rotatable bonds is 20. The number of carbonyl (C=O) groups is 1. The average molecular weight is 1080 g/mol. The van der Waals surface area contributed by atoms with Gasteiger partial charge in [0, 0.05) is 109 Å². The van der Waals surface area contributed by atoms with Gasteiger partial charge in [0.05, 0.1) is 36.2 Å². The standard InChI is InChI=1S/C49H62Cl4N8O7S2/c1-58-29-43(41-23-35(50)25-47(52)45(41)31-58)33-5-3-7-39(21-33)69(63,64)56-37-9-13-60(27-37)15-19-67-17-11-54-49(62)55-12-18-68-20-16-61-14-10-38(28-61)57-70(65,66)40-8-4-6-34(22-40)44-30-59(2)32-46-42(44)24-36(51)26-48(46)53/h3-8,21-26,37-38,43-44,56-57H,9-20,27-32H2,1-2H3,(H2,54,55,62)/t37-,38-,43?,44?/m0/s1. The first-order chi connectivity index (χ1) is 33.5. The minimum atomic E-state index is -3.77. The molecule has 0 aliphatic carbocycles. The number of carbonyl (C=O) groups excluding carboxylic acids is 1. The van der Waals surface area contributed by atoms with Gasteiger partial charge in [0.25, 0.3) is 0 Å². The van der Waals surface area contributed by atoms with Gasteiger partial charge in [-0.2, -0.15) is 0 Å². The SMILES string of the molecule is CN1Cc2c(Cl)cc(Cl)cc2C(c2cccc(S(=O)(=O)N[C@H]3CCN(CCOCCNC(=O)NCCOCCN4CC[C@H](NS(=O)(=O)c5cccc(C6CN(C)Cc7c(Cl)cc(Cl)cc76)c5)C4)C3)c2)C1. The minimum absolute atomic E-state index is 0.0733. The van der Waals surface area contributed by atoms with E-state index in [-0.39, 0.29) is 39.7 Å². The molecule has 0 radical (unpaired) electrons. The van der Waals surface area contributed by atoms with Crippen LogP contribution in [0, 0.1) is 0 Å². The molecule has 2 fully saturated rings. The largest absolute Gasteiger partial charge is 0.378 e. The predicted molar refractivity (Wildman–Crippen MR) is 276 cm³/mol. The number of likely N-dealkylation sites (N-methyl/N-ethyl adjacent to an activating group) is 2. The van der Waals surface area contributed by atoms with E-state index in [2.05, 4.69) is 39.7 Å². The van der Waals surface area contributed by atoms with Crippen LogP contribution in [0.2, 0.25) is 20.1 Å². The zero-order valence-corrected chi connectivity index (χ0v) is 44.1. The van der Waals surface area contributed by atoms with Crippen molar-refractivity contribution in [1.29, 1.82) is 0 Å². The van der Waals surface area contributed by atoms with Crippen molar-refractivity contribution in [3.8, 4) is 0 Å². The zero-order valence-electron chi connectivity index (χ0n) is 39.4. The summed E-state index contributed by atoms with van der Waals surface area (Å²) in [7, 11) is -3.49. The van der Waals surface area contributed by atoms with E-state index in [1.807, 2.05) is 38.4 Å². The molecular formula is C49H62Cl4N8O7S2. The maximum atomic E-state index is 13.6. The Balaban J connectivity index is 0.667. The number of sulfonamides is 2. The highest BCUT2D eigenvalue weighted by atomic mass is 35.5. The van der Waals surface area contributed by atoms with Gasteiger partial charge in [0.1, 0.15) is 0 Å². The zero-order chi connectivity index (χ0) is 49.6. The molecule has 2 unspecified atom stereocenters. The molecule has 4 atom stereocenters. The second-order valence-electron chi connectivity index (χ2n) is 18.8. The third-order valence-electron chi connectivity index (χ3n) is 13.5. The van der Waals surface area contributed by atoms with Crippen LogP contribution in [0.5, 0.6) is 0 Å². The summed E-state index contributed by atoms with van der Waals surface area (Å²) in [5.41, 5.74) is 5.84. The summed E-state index contributed by atoms with van der Waals surface area (Å²) in [6.45, 7) is 8.95.